The maximum Gasteiger partial charge on any atom is 0.161 e. The Kier molecular flexibility index (Phi) is 5.15. The van der Waals surface area contributed by atoms with Crippen molar-refractivity contribution in [3.05, 3.63) is 51.6 Å². The lowest BCUT2D eigenvalue weighted by atomic mass is 9.95. The van der Waals surface area contributed by atoms with Crippen molar-refractivity contribution in [1.29, 1.82) is 0 Å². The number of fused-ring (bicyclic) bond motifs is 1. The SMILES string of the molecule is COc1cc(C)cc(C)c1-c1ccc2c(Br)cc(C3CCCNC3)nc2n1. The second-order valence-corrected chi connectivity index (χ2v) is 8.15. The van der Waals surface area contributed by atoms with Crippen LogP contribution in [0.1, 0.15) is 35.6 Å². The van der Waals surface area contributed by atoms with Crippen LogP contribution in [-0.2, 0) is 0 Å². The van der Waals surface area contributed by atoms with E-state index in [1.807, 2.05) is 0 Å². The topological polar surface area (TPSA) is 47.0 Å². The third-order valence-electron chi connectivity index (χ3n) is 5.28. The van der Waals surface area contributed by atoms with Crippen LogP contribution in [0.5, 0.6) is 5.75 Å². The van der Waals surface area contributed by atoms with Gasteiger partial charge in [-0.3, -0.25) is 0 Å². The Morgan fingerprint density at radius 2 is 2.00 bits per heavy atom. The van der Waals surface area contributed by atoms with Gasteiger partial charge in [0.25, 0.3) is 0 Å². The number of pyridine rings is 2. The molecule has 0 saturated carbocycles. The highest BCUT2D eigenvalue weighted by Gasteiger charge is 2.19. The zero-order valence-electron chi connectivity index (χ0n) is 16.0. The van der Waals surface area contributed by atoms with Crippen LogP contribution >= 0.6 is 15.9 Å². The van der Waals surface area contributed by atoms with Crippen molar-refractivity contribution in [2.45, 2.75) is 32.6 Å². The lowest BCUT2D eigenvalue weighted by Crippen LogP contribution is -2.28. The van der Waals surface area contributed by atoms with E-state index >= 15 is 0 Å². The molecule has 0 amide bonds. The molecule has 0 aliphatic carbocycles. The van der Waals surface area contributed by atoms with Crippen molar-refractivity contribution >= 4 is 27.0 Å². The quantitative estimate of drug-likeness (QED) is 0.629. The number of methoxy groups -OCH3 is 1. The van der Waals surface area contributed by atoms with E-state index in [4.69, 9.17) is 14.7 Å². The van der Waals surface area contributed by atoms with E-state index in [2.05, 4.69) is 65.4 Å². The highest BCUT2D eigenvalue weighted by molar-refractivity contribution is 9.10. The van der Waals surface area contributed by atoms with Gasteiger partial charge < -0.3 is 10.1 Å². The van der Waals surface area contributed by atoms with E-state index in [1.165, 1.54) is 18.4 Å². The largest absolute Gasteiger partial charge is 0.496 e. The second kappa shape index (κ2) is 7.56. The van der Waals surface area contributed by atoms with Crippen LogP contribution in [0.2, 0.25) is 0 Å². The molecule has 1 atom stereocenters. The first-order chi connectivity index (χ1) is 13.1. The van der Waals surface area contributed by atoms with E-state index < -0.39 is 0 Å². The zero-order chi connectivity index (χ0) is 19.0. The minimum Gasteiger partial charge on any atom is -0.496 e. The molecule has 3 heterocycles. The molecule has 1 unspecified atom stereocenters. The van der Waals surface area contributed by atoms with Gasteiger partial charge in [-0.25, -0.2) is 9.97 Å². The van der Waals surface area contributed by atoms with Crippen LogP contribution in [0.3, 0.4) is 0 Å². The van der Waals surface area contributed by atoms with Crippen LogP contribution in [-0.4, -0.2) is 30.2 Å². The fourth-order valence-corrected chi connectivity index (χ4v) is 4.50. The zero-order valence-corrected chi connectivity index (χ0v) is 17.6. The lowest BCUT2D eigenvalue weighted by molar-refractivity contribution is 0.415. The summed E-state index contributed by atoms with van der Waals surface area (Å²) in [6.07, 6.45) is 2.36. The number of nitrogens with zero attached hydrogens (tertiary/aromatic N) is 2. The maximum atomic E-state index is 5.64. The first-order valence-electron chi connectivity index (χ1n) is 9.40. The van der Waals surface area contributed by atoms with Gasteiger partial charge in [0.2, 0.25) is 0 Å². The molecular weight excluding hydrogens is 402 g/mol. The minimum absolute atomic E-state index is 0.445. The Balaban J connectivity index is 1.84. The molecule has 1 aliphatic rings. The predicted molar refractivity (Wildman–Crippen MR) is 114 cm³/mol. The molecule has 4 rings (SSSR count). The van der Waals surface area contributed by atoms with E-state index in [0.29, 0.717) is 5.92 Å². The van der Waals surface area contributed by atoms with E-state index in [0.717, 1.165) is 56.9 Å². The smallest absolute Gasteiger partial charge is 0.161 e. The molecule has 1 fully saturated rings. The summed E-state index contributed by atoms with van der Waals surface area (Å²) in [7, 11) is 1.71. The summed E-state index contributed by atoms with van der Waals surface area (Å²) in [5, 5.41) is 4.51. The van der Waals surface area contributed by atoms with Crippen molar-refractivity contribution in [1.82, 2.24) is 15.3 Å². The van der Waals surface area contributed by atoms with Crippen molar-refractivity contribution in [3.8, 4) is 17.0 Å². The molecule has 0 radical (unpaired) electrons. The summed E-state index contributed by atoms with van der Waals surface area (Å²) >= 11 is 3.72. The molecule has 3 aromatic rings. The van der Waals surface area contributed by atoms with Crippen LogP contribution in [0.4, 0.5) is 0 Å². The highest BCUT2D eigenvalue weighted by Crippen LogP contribution is 2.35. The van der Waals surface area contributed by atoms with E-state index in [9.17, 15) is 0 Å². The van der Waals surface area contributed by atoms with Gasteiger partial charge in [0.05, 0.1) is 12.8 Å². The Hall–Kier alpha value is -1.98. The van der Waals surface area contributed by atoms with Gasteiger partial charge in [-0.05, 0) is 84.6 Å². The van der Waals surface area contributed by atoms with Gasteiger partial charge in [0, 0.05) is 33.6 Å². The number of aromatic nitrogens is 2. The Morgan fingerprint density at radius 3 is 2.74 bits per heavy atom. The molecular formula is C22H24BrN3O. The van der Waals surface area contributed by atoms with Gasteiger partial charge in [0.1, 0.15) is 5.75 Å². The molecule has 27 heavy (non-hydrogen) atoms. The van der Waals surface area contributed by atoms with Gasteiger partial charge in [0.15, 0.2) is 5.65 Å². The summed E-state index contributed by atoms with van der Waals surface area (Å²) < 4.78 is 6.69. The number of hydrogen-bond acceptors (Lipinski definition) is 4. The fraction of sp³-hybridized carbons (Fsp3) is 0.364. The Morgan fingerprint density at radius 1 is 1.15 bits per heavy atom. The maximum absolute atomic E-state index is 5.64. The third kappa shape index (κ3) is 3.58. The van der Waals surface area contributed by atoms with Gasteiger partial charge in [-0.15, -0.1) is 0 Å². The van der Waals surface area contributed by atoms with Crippen LogP contribution < -0.4 is 10.1 Å². The van der Waals surface area contributed by atoms with Gasteiger partial charge in [-0.1, -0.05) is 6.07 Å². The first-order valence-corrected chi connectivity index (χ1v) is 10.2. The third-order valence-corrected chi connectivity index (χ3v) is 5.93. The normalized spacial score (nSPS) is 17.3. The summed E-state index contributed by atoms with van der Waals surface area (Å²) in [6, 6.07) is 10.5. The molecule has 0 spiro atoms. The molecule has 1 aromatic carbocycles. The number of hydrogen-bond donors (Lipinski definition) is 1. The molecule has 2 aromatic heterocycles. The minimum atomic E-state index is 0.445. The number of benzene rings is 1. The summed E-state index contributed by atoms with van der Waals surface area (Å²) in [5.41, 5.74) is 6.17. The average Bonchev–Trinajstić information content (AvgIpc) is 2.67. The highest BCUT2D eigenvalue weighted by atomic mass is 79.9. The van der Waals surface area contributed by atoms with Crippen LogP contribution in [0.15, 0.2) is 34.8 Å². The first kappa shape index (κ1) is 18.4. The molecule has 0 bridgehead atoms. The van der Waals surface area contributed by atoms with E-state index in [-0.39, 0.29) is 0 Å². The summed E-state index contributed by atoms with van der Waals surface area (Å²) in [6.45, 7) is 6.26. The standard InChI is InChI=1S/C22H24BrN3O/c1-13-9-14(2)21(20(10-13)27-3)18-7-6-16-17(23)11-19(26-22(16)25-18)15-5-4-8-24-12-15/h6-7,9-11,15,24H,4-5,8,12H2,1-3H3. The van der Waals surface area contributed by atoms with Gasteiger partial charge >= 0.3 is 0 Å². The lowest BCUT2D eigenvalue weighted by Gasteiger charge is -2.22. The molecule has 140 valence electrons. The second-order valence-electron chi connectivity index (χ2n) is 7.30. The van der Waals surface area contributed by atoms with Crippen molar-refractivity contribution < 1.29 is 4.74 Å². The Bertz CT molecular complexity index is 997. The summed E-state index contributed by atoms with van der Waals surface area (Å²) in [5.74, 6) is 1.30. The number of piperidine rings is 1. The average molecular weight is 426 g/mol. The number of aryl methyl sites for hydroxylation is 2. The van der Waals surface area contributed by atoms with Crippen molar-refractivity contribution in [3.63, 3.8) is 0 Å². The molecule has 5 heteroatoms. The van der Waals surface area contributed by atoms with E-state index in [1.54, 1.807) is 7.11 Å². The van der Waals surface area contributed by atoms with Gasteiger partial charge in [-0.2, -0.15) is 0 Å². The van der Waals surface area contributed by atoms with Crippen LogP contribution in [0.25, 0.3) is 22.3 Å². The molecule has 1 saturated heterocycles. The molecule has 4 nitrogen and oxygen atoms in total. The van der Waals surface area contributed by atoms with Crippen LogP contribution in [0, 0.1) is 13.8 Å². The molecule has 1 aliphatic heterocycles. The summed E-state index contributed by atoms with van der Waals surface area (Å²) in [4.78, 5) is 9.85. The van der Waals surface area contributed by atoms with Crippen molar-refractivity contribution in [2.24, 2.45) is 0 Å². The monoisotopic (exact) mass is 425 g/mol. The van der Waals surface area contributed by atoms with Crippen molar-refractivity contribution in [2.75, 3.05) is 20.2 Å². The Labute approximate surface area is 168 Å². The molecule has 1 N–H and O–H groups in total. The number of rotatable bonds is 3. The predicted octanol–water partition coefficient (Wildman–Crippen LogP) is 5.15. The number of halogens is 1. The number of nitrogens with one attached hydrogen (secondary N) is 1. The fourth-order valence-electron chi connectivity index (χ4n) is 3.95. The number of ether oxygens (including phenoxy) is 1.